The summed E-state index contributed by atoms with van der Waals surface area (Å²) < 4.78 is 0. The van der Waals surface area contributed by atoms with Crippen LogP contribution < -0.4 is 10.6 Å². The highest BCUT2D eigenvalue weighted by Crippen LogP contribution is 2.19. The van der Waals surface area contributed by atoms with E-state index in [9.17, 15) is 9.59 Å². The quantitative estimate of drug-likeness (QED) is 0.833. The number of urea groups is 1. The summed E-state index contributed by atoms with van der Waals surface area (Å²) in [4.78, 5) is 25.6. The van der Waals surface area contributed by atoms with Gasteiger partial charge in [-0.2, -0.15) is 0 Å². The van der Waals surface area contributed by atoms with Gasteiger partial charge in [0.05, 0.1) is 0 Å². The number of hydrogen-bond donors (Lipinski definition) is 2. The van der Waals surface area contributed by atoms with Gasteiger partial charge in [-0.05, 0) is 32.1 Å². The molecule has 0 atom stereocenters. The van der Waals surface area contributed by atoms with Crippen molar-refractivity contribution in [3.05, 3.63) is 0 Å². The topological polar surface area (TPSA) is 61.4 Å². The second kappa shape index (κ2) is 6.95. The van der Waals surface area contributed by atoms with E-state index in [-0.39, 0.29) is 29.4 Å². The van der Waals surface area contributed by atoms with E-state index in [4.69, 9.17) is 0 Å². The van der Waals surface area contributed by atoms with Gasteiger partial charge in [-0.1, -0.05) is 20.8 Å². The van der Waals surface area contributed by atoms with Crippen molar-refractivity contribution in [1.82, 2.24) is 15.5 Å². The second-order valence-corrected chi connectivity index (χ2v) is 7.17. The molecule has 3 amide bonds. The van der Waals surface area contributed by atoms with Crippen LogP contribution in [0.2, 0.25) is 0 Å². The molecule has 0 spiro atoms. The zero-order valence-corrected chi connectivity index (χ0v) is 13.5. The minimum absolute atomic E-state index is 0.000493. The van der Waals surface area contributed by atoms with Crippen molar-refractivity contribution in [1.29, 1.82) is 0 Å². The normalized spacial score (nSPS) is 17.2. The zero-order chi connectivity index (χ0) is 15.3. The Kier molecular flexibility index (Phi) is 5.84. The molecule has 116 valence electrons. The van der Waals surface area contributed by atoms with Gasteiger partial charge >= 0.3 is 6.03 Å². The number of hydrogen-bond acceptors (Lipinski definition) is 2. The molecule has 1 rings (SSSR count). The molecule has 5 heteroatoms. The first kappa shape index (κ1) is 16.8. The molecule has 5 nitrogen and oxygen atoms in total. The monoisotopic (exact) mass is 283 g/mol. The van der Waals surface area contributed by atoms with Crippen molar-refractivity contribution >= 4 is 11.9 Å². The van der Waals surface area contributed by atoms with Gasteiger partial charge in [-0.25, -0.2) is 4.79 Å². The fraction of sp³-hybridized carbons (Fsp3) is 0.867. The summed E-state index contributed by atoms with van der Waals surface area (Å²) in [7, 11) is 0. The van der Waals surface area contributed by atoms with E-state index >= 15 is 0 Å². The Labute approximate surface area is 122 Å². The molecule has 0 aromatic rings. The summed E-state index contributed by atoms with van der Waals surface area (Å²) in [6, 6.07) is 0.360. The number of rotatable bonds is 3. The fourth-order valence-electron chi connectivity index (χ4n) is 2.33. The molecule has 0 aromatic heterocycles. The van der Waals surface area contributed by atoms with Crippen molar-refractivity contribution in [2.45, 2.75) is 66.0 Å². The van der Waals surface area contributed by atoms with Gasteiger partial charge in [-0.3, -0.25) is 4.79 Å². The number of nitrogens with one attached hydrogen (secondary N) is 2. The molecule has 0 aromatic carbocycles. The molecular weight excluding hydrogens is 254 g/mol. The van der Waals surface area contributed by atoms with Gasteiger partial charge in [0.2, 0.25) is 5.91 Å². The van der Waals surface area contributed by atoms with E-state index < -0.39 is 0 Å². The third-order valence-corrected chi connectivity index (χ3v) is 3.25. The van der Waals surface area contributed by atoms with Crippen LogP contribution in [0.25, 0.3) is 0 Å². The third-order valence-electron chi connectivity index (χ3n) is 3.25. The largest absolute Gasteiger partial charge is 0.353 e. The Bertz CT molecular complexity index is 340. The maximum Gasteiger partial charge on any atom is 0.317 e. The first-order chi connectivity index (χ1) is 9.17. The second-order valence-electron chi connectivity index (χ2n) is 7.17. The lowest BCUT2D eigenvalue weighted by Gasteiger charge is -2.33. The Balaban J connectivity index is 2.32. The van der Waals surface area contributed by atoms with Gasteiger partial charge in [0, 0.05) is 31.6 Å². The van der Waals surface area contributed by atoms with Crippen LogP contribution in [0.15, 0.2) is 0 Å². The minimum Gasteiger partial charge on any atom is -0.353 e. The third kappa shape index (κ3) is 6.26. The molecule has 1 fully saturated rings. The van der Waals surface area contributed by atoms with Gasteiger partial charge in [0.15, 0.2) is 0 Å². The molecule has 1 saturated heterocycles. The lowest BCUT2D eigenvalue weighted by molar-refractivity contribution is -0.123. The number of carbonyl (C=O) groups excluding carboxylic acids is 2. The molecule has 0 radical (unpaired) electrons. The molecule has 20 heavy (non-hydrogen) atoms. The van der Waals surface area contributed by atoms with E-state index in [0.717, 1.165) is 12.8 Å². The van der Waals surface area contributed by atoms with Gasteiger partial charge in [0.1, 0.15) is 0 Å². The van der Waals surface area contributed by atoms with Crippen LogP contribution in [-0.4, -0.2) is 42.0 Å². The SMILES string of the molecule is CC(C)NC(=O)N1CCC(NC(=O)CC(C)(C)C)CC1. The summed E-state index contributed by atoms with van der Waals surface area (Å²) in [6.07, 6.45) is 2.21. The standard InChI is InChI=1S/C15H29N3O2/c1-11(2)16-14(20)18-8-6-12(7-9-18)17-13(19)10-15(3,4)5/h11-12H,6-10H2,1-5H3,(H,16,20)(H,17,19). The zero-order valence-electron chi connectivity index (χ0n) is 13.5. The number of amides is 3. The molecule has 0 aliphatic carbocycles. The van der Waals surface area contributed by atoms with Crippen molar-refractivity contribution in [3.63, 3.8) is 0 Å². The highest BCUT2D eigenvalue weighted by molar-refractivity contribution is 5.77. The van der Waals surface area contributed by atoms with Gasteiger partial charge in [0.25, 0.3) is 0 Å². The Morgan fingerprint density at radius 1 is 1.20 bits per heavy atom. The van der Waals surface area contributed by atoms with Crippen LogP contribution in [0, 0.1) is 5.41 Å². The van der Waals surface area contributed by atoms with Crippen LogP contribution in [0.3, 0.4) is 0 Å². The maximum absolute atomic E-state index is 11.9. The lowest BCUT2D eigenvalue weighted by atomic mass is 9.91. The van der Waals surface area contributed by atoms with Gasteiger partial charge in [-0.15, -0.1) is 0 Å². The van der Waals surface area contributed by atoms with Crippen LogP contribution in [0.1, 0.15) is 53.9 Å². The fourth-order valence-corrected chi connectivity index (χ4v) is 2.33. The summed E-state index contributed by atoms with van der Waals surface area (Å²) in [5, 5.41) is 5.98. The maximum atomic E-state index is 11.9. The summed E-state index contributed by atoms with van der Waals surface area (Å²) in [5.74, 6) is 0.114. The van der Waals surface area contributed by atoms with E-state index in [1.54, 1.807) is 0 Å². The van der Waals surface area contributed by atoms with Crippen molar-refractivity contribution in [2.24, 2.45) is 5.41 Å². The molecule has 1 aliphatic rings. The van der Waals surface area contributed by atoms with Crippen LogP contribution in [0.5, 0.6) is 0 Å². The molecule has 0 bridgehead atoms. The smallest absolute Gasteiger partial charge is 0.317 e. The Morgan fingerprint density at radius 2 is 1.75 bits per heavy atom. The molecule has 1 aliphatic heterocycles. The number of likely N-dealkylation sites (tertiary alicyclic amines) is 1. The summed E-state index contributed by atoms with van der Waals surface area (Å²) >= 11 is 0. The number of carbonyl (C=O) groups is 2. The Hall–Kier alpha value is -1.26. The predicted molar refractivity (Wildman–Crippen MR) is 80.5 cm³/mol. The summed E-state index contributed by atoms with van der Waals surface area (Å²) in [5.41, 5.74) is 0.0158. The molecule has 1 heterocycles. The number of nitrogens with zero attached hydrogens (tertiary/aromatic N) is 1. The van der Waals surface area contributed by atoms with Crippen molar-refractivity contribution < 1.29 is 9.59 Å². The van der Waals surface area contributed by atoms with E-state index in [1.807, 2.05) is 18.7 Å². The molecular formula is C15H29N3O2. The lowest BCUT2D eigenvalue weighted by Crippen LogP contribution is -2.50. The average Bonchev–Trinajstić information content (AvgIpc) is 2.26. The van der Waals surface area contributed by atoms with E-state index in [0.29, 0.717) is 19.5 Å². The van der Waals surface area contributed by atoms with Gasteiger partial charge < -0.3 is 15.5 Å². The number of piperidine rings is 1. The average molecular weight is 283 g/mol. The Morgan fingerprint density at radius 3 is 2.20 bits per heavy atom. The molecule has 0 saturated carbocycles. The van der Waals surface area contributed by atoms with E-state index in [2.05, 4.69) is 31.4 Å². The highest BCUT2D eigenvalue weighted by atomic mass is 16.2. The minimum atomic E-state index is -0.000493. The van der Waals surface area contributed by atoms with Crippen LogP contribution in [0.4, 0.5) is 4.79 Å². The first-order valence-electron chi connectivity index (χ1n) is 7.52. The van der Waals surface area contributed by atoms with Crippen molar-refractivity contribution in [3.8, 4) is 0 Å². The predicted octanol–water partition coefficient (Wildman–Crippen LogP) is 2.12. The first-order valence-corrected chi connectivity index (χ1v) is 7.52. The van der Waals surface area contributed by atoms with Crippen molar-refractivity contribution in [2.75, 3.05) is 13.1 Å². The van der Waals surface area contributed by atoms with E-state index in [1.165, 1.54) is 0 Å². The van der Waals surface area contributed by atoms with Crippen LogP contribution >= 0.6 is 0 Å². The molecule has 0 unspecified atom stereocenters. The summed E-state index contributed by atoms with van der Waals surface area (Å²) in [6.45, 7) is 11.5. The highest BCUT2D eigenvalue weighted by Gasteiger charge is 2.25. The molecule has 2 N–H and O–H groups in total. The van der Waals surface area contributed by atoms with Crippen LogP contribution in [-0.2, 0) is 4.79 Å².